The highest BCUT2D eigenvalue weighted by atomic mass is 32.2. The molecule has 3 nitrogen and oxygen atoms in total. The number of fused-ring (bicyclic) bond motifs is 1. The van der Waals surface area contributed by atoms with Crippen molar-refractivity contribution in [3.8, 4) is 0 Å². The van der Waals surface area contributed by atoms with E-state index in [0.717, 1.165) is 43.1 Å². The van der Waals surface area contributed by atoms with E-state index in [9.17, 15) is 13.0 Å². The SMILES string of the molecule is CCCCCCc1cc(CCCCCC)c2c(S(=O)(=O)O)cccc2c1. The maximum atomic E-state index is 11.9. The van der Waals surface area contributed by atoms with Gasteiger partial charge in [0.2, 0.25) is 0 Å². The van der Waals surface area contributed by atoms with Crippen LogP contribution < -0.4 is 0 Å². The summed E-state index contributed by atoms with van der Waals surface area (Å²) in [4.78, 5) is 0.0398. The minimum Gasteiger partial charge on any atom is -0.282 e. The van der Waals surface area contributed by atoms with E-state index in [1.807, 2.05) is 6.07 Å². The average Bonchev–Trinajstić information content (AvgIpc) is 2.61. The van der Waals surface area contributed by atoms with Crippen LogP contribution in [0.25, 0.3) is 10.8 Å². The minimum absolute atomic E-state index is 0.0398. The lowest BCUT2D eigenvalue weighted by Crippen LogP contribution is -2.02. The molecule has 0 unspecified atom stereocenters. The van der Waals surface area contributed by atoms with Gasteiger partial charge < -0.3 is 0 Å². The van der Waals surface area contributed by atoms with Crippen molar-refractivity contribution >= 4 is 20.9 Å². The van der Waals surface area contributed by atoms with Gasteiger partial charge in [-0.3, -0.25) is 4.55 Å². The Kier molecular flexibility index (Phi) is 8.11. The minimum atomic E-state index is -4.22. The number of hydrogen-bond donors (Lipinski definition) is 1. The van der Waals surface area contributed by atoms with Crippen molar-refractivity contribution in [2.24, 2.45) is 0 Å². The topological polar surface area (TPSA) is 54.4 Å². The van der Waals surface area contributed by atoms with Crippen molar-refractivity contribution in [2.75, 3.05) is 0 Å². The summed E-state index contributed by atoms with van der Waals surface area (Å²) in [7, 11) is -4.22. The Morgan fingerprint density at radius 3 is 2.12 bits per heavy atom. The van der Waals surface area contributed by atoms with E-state index in [1.54, 1.807) is 6.07 Å². The van der Waals surface area contributed by atoms with Gasteiger partial charge in [-0.15, -0.1) is 0 Å². The first kappa shape index (κ1) is 20.9. The monoisotopic (exact) mass is 376 g/mol. The van der Waals surface area contributed by atoms with Gasteiger partial charge in [-0.2, -0.15) is 8.42 Å². The second-order valence-corrected chi connectivity index (χ2v) is 8.60. The van der Waals surface area contributed by atoms with Crippen LogP contribution in [0.15, 0.2) is 35.2 Å². The number of hydrogen-bond acceptors (Lipinski definition) is 2. The summed E-state index contributed by atoms with van der Waals surface area (Å²) < 4.78 is 33.4. The van der Waals surface area contributed by atoms with E-state index in [-0.39, 0.29) is 4.90 Å². The fourth-order valence-electron chi connectivity index (χ4n) is 3.60. The molecule has 0 fully saturated rings. The van der Waals surface area contributed by atoms with Gasteiger partial charge in [0.25, 0.3) is 10.1 Å². The summed E-state index contributed by atoms with van der Waals surface area (Å²) in [6.07, 6.45) is 11.3. The molecule has 26 heavy (non-hydrogen) atoms. The zero-order valence-electron chi connectivity index (χ0n) is 16.1. The molecule has 144 valence electrons. The largest absolute Gasteiger partial charge is 0.295 e. The Labute approximate surface area is 158 Å². The average molecular weight is 377 g/mol. The molecular formula is C22H32O3S. The first-order valence-corrected chi connectivity index (χ1v) is 11.4. The Morgan fingerprint density at radius 1 is 0.846 bits per heavy atom. The van der Waals surface area contributed by atoms with Crippen LogP contribution in [0.1, 0.15) is 76.3 Å². The summed E-state index contributed by atoms with van der Waals surface area (Å²) in [6, 6.07) is 9.43. The highest BCUT2D eigenvalue weighted by Crippen LogP contribution is 2.30. The van der Waals surface area contributed by atoms with Crippen LogP contribution in [0.4, 0.5) is 0 Å². The summed E-state index contributed by atoms with van der Waals surface area (Å²) >= 11 is 0. The van der Waals surface area contributed by atoms with Crippen LogP contribution in [-0.4, -0.2) is 13.0 Å². The van der Waals surface area contributed by atoms with Crippen LogP contribution in [-0.2, 0) is 23.0 Å². The molecule has 0 aliphatic heterocycles. The molecule has 0 aliphatic rings. The molecule has 0 heterocycles. The standard InChI is InChI=1S/C22H32O3S/c1-3-5-7-9-12-18-16-19(13-10-8-6-4-2)22-20(17-18)14-11-15-21(22)26(23,24)25/h11,14-17H,3-10,12-13H2,1-2H3,(H,23,24,25). The first-order valence-electron chi connectivity index (χ1n) is 9.99. The van der Waals surface area contributed by atoms with Crippen molar-refractivity contribution in [3.63, 3.8) is 0 Å². The molecule has 1 N–H and O–H groups in total. The van der Waals surface area contributed by atoms with Gasteiger partial charge in [0.1, 0.15) is 4.90 Å². The number of rotatable bonds is 11. The normalized spacial score (nSPS) is 12.0. The van der Waals surface area contributed by atoms with E-state index >= 15 is 0 Å². The Balaban J connectivity index is 2.39. The smallest absolute Gasteiger partial charge is 0.282 e. The molecule has 0 aromatic heterocycles. The Morgan fingerprint density at radius 2 is 1.50 bits per heavy atom. The van der Waals surface area contributed by atoms with E-state index in [2.05, 4.69) is 26.0 Å². The predicted octanol–water partition coefficient (Wildman–Crippen LogP) is 6.33. The fourth-order valence-corrected chi connectivity index (χ4v) is 4.36. The summed E-state index contributed by atoms with van der Waals surface area (Å²) in [5.41, 5.74) is 2.32. The number of aryl methyl sites for hydroxylation is 2. The number of unbranched alkanes of at least 4 members (excludes halogenated alkanes) is 6. The Hall–Kier alpha value is -1.39. The van der Waals surface area contributed by atoms with Crippen molar-refractivity contribution in [2.45, 2.75) is 83.0 Å². The van der Waals surface area contributed by atoms with E-state index in [0.29, 0.717) is 5.39 Å². The third-order valence-corrected chi connectivity index (χ3v) is 5.87. The van der Waals surface area contributed by atoms with Crippen molar-refractivity contribution in [1.82, 2.24) is 0 Å². The van der Waals surface area contributed by atoms with Crippen LogP contribution in [0.3, 0.4) is 0 Å². The highest BCUT2D eigenvalue weighted by Gasteiger charge is 2.17. The molecule has 0 amide bonds. The molecule has 2 aromatic rings. The zero-order chi connectivity index (χ0) is 19.0. The lowest BCUT2D eigenvalue weighted by atomic mass is 9.94. The summed E-state index contributed by atoms with van der Waals surface area (Å²) in [5.74, 6) is 0. The van der Waals surface area contributed by atoms with Crippen molar-refractivity contribution < 1.29 is 13.0 Å². The van der Waals surface area contributed by atoms with Gasteiger partial charge >= 0.3 is 0 Å². The van der Waals surface area contributed by atoms with Gasteiger partial charge in [0.15, 0.2) is 0 Å². The molecule has 0 aliphatic carbocycles. The van der Waals surface area contributed by atoms with Gasteiger partial charge in [0, 0.05) is 5.39 Å². The van der Waals surface area contributed by atoms with Crippen molar-refractivity contribution in [3.05, 3.63) is 41.5 Å². The van der Waals surface area contributed by atoms with Gasteiger partial charge in [-0.25, -0.2) is 0 Å². The first-order chi connectivity index (χ1) is 12.5. The van der Waals surface area contributed by atoms with Gasteiger partial charge in [0.05, 0.1) is 0 Å². The molecule has 2 rings (SSSR count). The third-order valence-electron chi connectivity index (χ3n) is 4.98. The summed E-state index contributed by atoms with van der Waals surface area (Å²) in [6.45, 7) is 4.39. The Bertz CT molecular complexity index is 809. The quantitative estimate of drug-likeness (QED) is 0.368. The van der Waals surface area contributed by atoms with Gasteiger partial charge in [-0.05, 0) is 48.3 Å². The predicted molar refractivity (Wildman–Crippen MR) is 109 cm³/mol. The number of benzene rings is 2. The maximum Gasteiger partial charge on any atom is 0.295 e. The van der Waals surface area contributed by atoms with Crippen LogP contribution in [0, 0.1) is 0 Å². The van der Waals surface area contributed by atoms with E-state index < -0.39 is 10.1 Å². The zero-order valence-corrected chi connectivity index (χ0v) is 16.9. The highest BCUT2D eigenvalue weighted by molar-refractivity contribution is 7.86. The molecule has 0 saturated heterocycles. The molecule has 0 radical (unpaired) electrons. The summed E-state index contributed by atoms with van der Waals surface area (Å²) in [5, 5.41) is 1.61. The van der Waals surface area contributed by atoms with Crippen LogP contribution in [0.5, 0.6) is 0 Å². The van der Waals surface area contributed by atoms with Crippen LogP contribution in [0.2, 0.25) is 0 Å². The van der Waals surface area contributed by atoms with Crippen molar-refractivity contribution in [1.29, 1.82) is 0 Å². The lowest BCUT2D eigenvalue weighted by molar-refractivity contribution is 0.484. The van der Waals surface area contributed by atoms with E-state index in [4.69, 9.17) is 0 Å². The maximum absolute atomic E-state index is 11.9. The fraction of sp³-hybridized carbons (Fsp3) is 0.545. The van der Waals surface area contributed by atoms with Crippen LogP contribution >= 0.6 is 0 Å². The molecule has 0 atom stereocenters. The lowest BCUT2D eigenvalue weighted by Gasteiger charge is -2.13. The third kappa shape index (κ3) is 5.82. The van der Waals surface area contributed by atoms with Gasteiger partial charge in [-0.1, -0.05) is 76.6 Å². The molecule has 0 saturated carbocycles. The second-order valence-electron chi connectivity index (χ2n) is 7.21. The molecular weight excluding hydrogens is 344 g/mol. The van der Waals surface area contributed by atoms with E-state index in [1.165, 1.54) is 43.7 Å². The second kappa shape index (κ2) is 10.1. The molecule has 0 bridgehead atoms. The molecule has 4 heteroatoms. The molecule has 0 spiro atoms. The molecule has 2 aromatic carbocycles.